The summed E-state index contributed by atoms with van der Waals surface area (Å²) in [4.78, 5) is 2.34. The van der Waals surface area contributed by atoms with E-state index in [-0.39, 0.29) is 12.2 Å². The van der Waals surface area contributed by atoms with Crippen molar-refractivity contribution in [1.29, 1.82) is 0 Å². The Morgan fingerprint density at radius 2 is 1.95 bits per heavy atom. The van der Waals surface area contributed by atoms with Crippen molar-refractivity contribution >= 4 is 0 Å². The summed E-state index contributed by atoms with van der Waals surface area (Å²) < 4.78 is 11.9. The Bertz CT molecular complexity index is 624. The van der Waals surface area contributed by atoms with Gasteiger partial charge in [-0.1, -0.05) is 30.3 Å². The van der Waals surface area contributed by atoms with E-state index in [0.29, 0.717) is 12.5 Å². The zero-order valence-electron chi connectivity index (χ0n) is 12.8. The van der Waals surface area contributed by atoms with Crippen LogP contribution in [0.3, 0.4) is 0 Å². The lowest BCUT2D eigenvalue weighted by Crippen LogP contribution is -2.42. The molecule has 1 aliphatic carbocycles. The van der Waals surface area contributed by atoms with Gasteiger partial charge in [0.05, 0.1) is 18.8 Å². The first-order valence-corrected chi connectivity index (χ1v) is 8.03. The number of morpholine rings is 1. The molecule has 1 saturated heterocycles. The van der Waals surface area contributed by atoms with Gasteiger partial charge in [0.2, 0.25) is 11.8 Å². The molecule has 0 spiro atoms. The van der Waals surface area contributed by atoms with Gasteiger partial charge in [-0.3, -0.25) is 4.90 Å². The minimum Gasteiger partial charge on any atom is -0.424 e. The van der Waals surface area contributed by atoms with Crippen LogP contribution in [0.2, 0.25) is 0 Å². The fourth-order valence-corrected chi connectivity index (χ4v) is 3.04. The number of rotatable bonds is 4. The van der Waals surface area contributed by atoms with Gasteiger partial charge in [0.15, 0.2) is 0 Å². The monoisotopic (exact) mass is 299 g/mol. The Balaban J connectivity index is 1.44. The molecule has 4 rings (SSSR count). The molecule has 2 aliphatic rings. The highest BCUT2D eigenvalue weighted by Gasteiger charge is 2.31. The fraction of sp³-hybridized carbons (Fsp3) is 0.529. The molecular formula is C17H21N3O2. The third kappa shape index (κ3) is 3.05. The Morgan fingerprint density at radius 1 is 1.14 bits per heavy atom. The number of benzene rings is 1. The van der Waals surface area contributed by atoms with Crippen LogP contribution in [0.25, 0.3) is 0 Å². The zero-order valence-corrected chi connectivity index (χ0v) is 12.8. The predicted molar refractivity (Wildman–Crippen MR) is 81.3 cm³/mol. The molecule has 116 valence electrons. The standard InChI is InChI=1S/C17H21N3O2/c1-12-9-20(10-15(21-12)13-5-3-2-4-6-13)11-16-18-19-17(22-16)14-7-8-14/h2-6,12,14-15H,7-11H2,1H3/t12-,15-/m1/s1. The highest BCUT2D eigenvalue weighted by Crippen LogP contribution is 2.39. The molecular weight excluding hydrogens is 278 g/mol. The lowest BCUT2D eigenvalue weighted by Gasteiger charge is -2.36. The van der Waals surface area contributed by atoms with E-state index >= 15 is 0 Å². The first-order valence-electron chi connectivity index (χ1n) is 8.03. The molecule has 2 atom stereocenters. The molecule has 0 unspecified atom stereocenters. The summed E-state index contributed by atoms with van der Waals surface area (Å²) in [5.41, 5.74) is 1.23. The van der Waals surface area contributed by atoms with Gasteiger partial charge in [-0.05, 0) is 25.3 Å². The number of nitrogens with zero attached hydrogens (tertiary/aromatic N) is 3. The second-order valence-corrected chi connectivity index (χ2v) is 6.35. The van der Waals surface area contributed by atoms with Crippen molar-refractivity contribution in [1.82, 2.24) is 15.1 Å². The van der Waals surface area contributed by atoms with Crippen molar-refractivity contribution in [3.63, 3.8) is 0 Å². The second-order valence-electron chi connectivity index (χ2n) is 6.35. The third-order valence-electron chi connectivity index (χ3n) is 4.28. The van der Waals surface area contributed by atoms with Crippen molar-refractivity contribution < 1.29 is 9.15 Å². The minimum atomic E-state index is 0.107. The molecule has 0 amide bonds. The Kier molecular flexibility index (Phi) is 3.68. The average Bonchev–Trinajstić information content (AvgIpc) is 3.28. The van der Waals surface area contributed by atoms with Crippen LogP contribution in [0, 0.1) is 0 Å². The molecule has 0 bridgehead atoms. The van der Waals surface area contributed by atoms with Gasteiger partial charge < -0.3 is 9.15 Å². The molecule has 0 N–H and O–H groups in total. The smallest absolute Gasteiger partial charge is 0.230 e. The van der Waals surface area contributed by atoms with Crippen molar-refractivity contribution in [2.45, 2.75) is 44.4 Å². The number of hydrogen-bond acceptors (Lipinski definition) is 5. The van der Waals surface area contributed by atoms with Crippen molar-refractivity contribution in [3.05, 3.63) is 47.7 Å². The maximum absolute atomic E-state index is 6.09. The summed E-state index contributed by atoms with van der Waals surface area (Å²) in [7, 11) is 0. The largest absolute Gasteiger partial charge is 0.424 e. The van der Waals surface area contributed by atoms with Crippen LogP contribution in [0.1, 0.15) is 49.1 Å². The summed E-state index contributed by atoms with van der Waals surface area (Å²) in [5.74, 6) is 2.06. The van der Waals surface area contributed by atoms with E-state index in [0.717, 1.165) is 24.9 Å². The van der Waals surface area contributed by atoms with Gasteiger partial charge in [0.1, 0.15) is 0 Å². The lowest BCUT2D eigenvalue weighted by molar-refractivity contribution is -0.0830. The zero-order chi connectivity index (χ0) is 14.9. The van der Waals surface area contributed by atoms with Crippen LogP contribution in [-0.2, 0) is 11.3 Å². The summed E-state index contributed by atoms with van der Waals surface area (Å²) in [6, 6.07) is 10.4. The molecule has 1 saturated carbocycles. The van der Waals surface area contributed by atoms with Crippen LogP contribution in [0.4, 0.5) is 0 Å². The molecule has 22 heavy (non-hydrogen) atoms. The number of ether oxygens (including phenoxy) is 1. The summed E-state index contributed by atoms with van der Waals surface area (Å²) in [6.07, 6.45) is 2.68. The molecule has 0 radical (unpaired) electrons. The van der Waals surface area contributed by atoms with Crippen LogP contribution in [-0.4, -0.2) is 34.3 Å². The number of aromatic nitrogens is 2. The van der Waals surface area contributed by atoms with E-state index in [9.17, 15) is 0 Å². The Hall–Kier alpha value is -1.72. The van der Waals surface area contributed by atoms with Crippen LogP contribution < -0.4 is 0 Å². The van der Waals surface area contributed by atoms with E-state index in [2.05, 4.69) is 46.3 Å². The summed E-state index contributed by atoms with van der Waals surface area (Å²) >= 11 is 0. The molecule has 1 aromatic heterocycles. The van der Waals surface area contributed by atoms with E-state index in [4.69, 9.17) is 9.15 Å². The molecule has 2 aromatic rings. The maximum Gasteiger partial charge on any atom is 0.230 e. The molecule has 5 heteroatoms. The number of hydrogen-bond donors (Lipinski definition) is 0. The highest BCUT2D eigenvalue weighted by molar-refractivity contribution is 5.18. The van der Waals surface area contributed by atoms with Crippen LogP contribution in [0.15, 0.2) is 34.7 Å². The fourth-order valence-electron chi connectivity index (χ4n) is 3.04. The van der Waals surface area contributed by atoms with Gasteiger partial charge in [0, 0.05) is 19.0 Å². The van der Waals surface area contributed by atoms with E-state index in [1.54, 1.807) is 0 Å². The Morgan fingerprint density at radius 3 is 2.73 bits per heavy atom. The molecule has 5 nitrogen and oxygen atoms in total. The molecule has 1 aliphatic heterocycles. The first kappa shape index (κ1) is 13.9. The van der Waals surface area contributed by atoms with Crippen molar-refractivity contribution in [2.24, 2.45) is 0 Å². The van der Waals surface area contributed by atoms with Crippen LogP contribution >= 0.6 is 0 Å². The first-order chi connectivity index (χ1) is 10.8. The second kappa shape index (κ2) is 5.82. The maximum atomic E-state index is 6.09. The highest BCUT2D eigenvalue weighted by atomic mass is 16.5. The molecule has 2 fully saturated rings. The summed E-state index contributed by atoms with van der Waals surface area (Å²) in [5, 5.41) is 8.36. The van der Waals surface area contributed by atoms with Gasteiger partial charge in [-0.15, -0.1) is 10.2 Å². The Labute approximate surface area is 130 Å². The van der Waals surface area contributed by atoms with Crippen LogP contribution in [0.5, 0.6) is 0 Å². The summed E-state index contributed by atoms with van der Waals surface area (Å²) in [6.45, 7) is 4.57. The minimum absolute atomic E-state index is 0.107. The quantitative estimate of drug-likeness (QED) is 0.869. The van der Waals surface area contributed by atoms with Gasteiger partial charge in [0.25, 0.3) is 0 Å². The topological polar surface area (TPSA) is 51.4 Å². The molecule has 2 heterocycles. The van der Waals surface area contributed by atoms with Crippen molar-refractivity contribution in [3.8, 4) is 0 Å². The predicted octanol–water partition coefficient (Wildman–Crippen LogP) is 2.91. The normalized spacial score (nSPS) is 26.2. The molecule has 1 aromatic carbocycles. The van der Waals surface area contributed by atoms with Crippen molar-refractivity contribution in [2.75, 3.05) is 13.1 Å². The van der Waals surface area contributed by atoms with E-state index < -0.39 is 0 Å². The van der Waals surface area contributed by atoms with E-state index in [1.807, 2.05) is 6.07 Å². The van der Waals surface area contributed by atoms with Gasteiger partial charge in [-0.25, -0.2) is 0 Å². The SMILES string of the molecule is C[C@@H]1CN(Cc2nnc(C3CC3)o2)C[C@H](c2ccccc2)O1. The van der Waals surface area contributed by atoms with Gasteiger partial charge >= 0.3 is 0 Å². The average molecular weight is 299 g/mol. The lowest BCUT2D eigenvalue weighted by atomic mass is 10.1. The third-order valence-corrected chi connectivity index (χ3v) is 4.28. The van der Waals surface area contributed by atoms with Gasteiger partial charge in [-0.2, -0.15) is 0 Å². The van der Waals surface area contributed by atoms with E-state index in [1.165, 1.54) is 18.4 Å².